The highest BCUT2D eigenvalue weighted by Crippen LogP contribution is 2.52. The Balaban J connectivity index is 1.64. The third-order valence-electron chi connectivity index (χ3n) is 6.49. The number of thiazole rings is 1. The summed E-state index contributed by atoms with van der Waals surface area (Å²) in [5.41, 5.74) is 1.18. The topological polar surface area (TPSA) is 84.1 Å². The third kappa shape index (κ3) is 3.88. The van der Waals surface area contributed by atoms with Gasteiger partial charge in [0.2, 0.25) is 5.91 Å². The van der Waals surface area contributed by atoms with Crippen LogP contribution in [0.25, 0.3) is 10.4 Å². The molecule has 9 heteroatoms. The zero-order valence-corrected chi connectivity index (χ0v) is 20.7. The van der Waals surface area contributed by atoms with Gasteiger partial charge in [-0.3, -0.25) is 9.20 Å². The molecule has 0 spiro atoms. The van der Waals surface area contributed by atoms with E-state index in [1.165, 1.54) is 12.8 Å². The lowest BCUT2D eigenvalue weighted by molar-refractivity contribution is -0.164. The highest BCUT2D eigenvalue weighted by Gasteiger charge is 2.60. The van der Waals surface area contributed by atoms with Gasteiger partial charge in [0.05, 0.1) is 29.5 Å². The van der Waals surface area contributed by atoms with Gasteiger partial charge in [-0.1, -0.05) is 39.5 Å². The fourth-order valence-corrected chi connectivity index (χ4v) is 6.78. The Morgan fingerprint density at radius 3 is 2.78 bits per heavy atom. The molecule has 1 fully saturated rings. The molecule has 2 aromatic rings. The van der Waals surface area contributed by atoms with Crippen LogP contribution < -0.4 is 0 Å². The van der Waals surface area contributed by atoms with E-state index in [0.717, 1.165) is 39.6 Å². The second-order valence-corrected chi connectivity index (χ2v) is 10.5. The normalized spacial score (nSPS) is 23.6. The quantitative estimate of drug-likeness (QED) is 0.239. The fourth-order valence-electron chi connectivity index (χ4n) is 4.86. The summed E-state index contributed by atoms with van der Waals surface area (Å²) in [5.74, 6) is -1.21. The number of hydrogen-bond donors (Lipinski definition) is 1. The van der Waals surface area contributed by atoms with Crippen LogP contribution in [0, 0.1) is 11.8 Å². The summed E-state index contributed by atoms with van der Waals surface area (Å²) in [7, 11) is 0. The molecule has 4 atom stereocenters. The molecule has 1 amide bonds. The molecule has 2 aromatic heterocycles. The van der Waals surface area contributed by atoms with Gasteiger partial charge in [-0.15, -0.1) is 23.1 Å². The van der Waals surface area contributed by atoms with E-state index in [-0.39, 0.29) is 17.9 Å². The molecule has 0 bridgehead atoms. The van der Waals surface area contributed by atoms with Crippen molar-refractivity contribution in [1.29, 1.82) is 0 Å². The van der Waals surface area contributed by atoms with Gasteiger partial charge in [0.15, 0.2) is 0 Å². The molecule has 0 aliphatic carbocycles. The highest BCUT2D eigenvalue weighted by atomic mass is 32.2. The minimum Gasteiger partial charge on any atom is -0.461 e. The van der Waals surface area contributed by atoms with Gasteiger partial charge in [-0.2, -0.15) is 0 Å². The van der Waals surface area contributed by atoms with Crippen LogP contribution in [0.2, 0.25) is 0 Å². The van der Waals surface area contributed by atoms with Crippen molar-refractivity contribution in [2.45, 2.75) is 70.0 Å². The largest absolute Gasteiger partial charge is 0.461 e. The molecule has 0 saturated carbocycles. The van der Waals surface area contributed by atoms with E-state index in [1.54, 1.807) is 41.2 Å². The predicted octanol–water partition coefficient (Wildman–Crippen LogP) is 4.20. The first-order valence-corrected chi connectivity index (χ1v) is 13.4. The van der Waals surface area contributed by atoms with Gasteiger partial charge in [0.1, 0.15) is 21.9 Å². The molecule has 1 saturated heterocycles. The molecular weight excluding hydrogens is 446 g/mol. The van der Waals surface area contributed by atoms with Crippen LogP contribution in [0.1, 0.15) is 57.8 Å². The van der Waals surface area contributed by atoms with Gasteiger partial charge < -0.3 is 14.7 Å². The maximum Gasteiger partial charge on any atom is 0.355 e. The number of fused-ring (bicyclic) bond motifs is 2. The molecule has 0 radical (unpaired) electrons. The average Bonchev–Trinajstić information content (AvgIpc) is 3.39. The zero-order valence-electron chi connectivity index (χ0n) is 19.0. The van der Waals surface area contributed by atoms with Crippen molar-refractivity contribution in [3.63, 3.8) is 0 Å². The summed E-state index contributed by atoms with van der Waals surface area (Å²) in [6.07, 6.45) is 10.3. The number of nitrogens with zero attached hydrogens (tertiary/aromatic N) is 3. The molecule has 2 aliphatic heterocycles. The molecular formula is C23H31N3O4S2. The van der Waals surface area contributed by atoms with Crippen molar-refractivity contribution < 1.29 is 19.4 Å². The highest BCUT2D eigenvalue weighted by molar-refractivity contribution is 7.98. The number of carbonyl (C=O) groups is 2. The second kappa shape index (κ2) is 9.57. The Bertz CT molecular complexity index is 1040. The van der Waals surface area contributed by atoms with Crippen molar-refractivity contribution in [3.05, 3.63) is 23.1 Å². The van der Waals surface area contributed by atoms with Gasteiger partial charge in [0, 0.05) is 17.7 Å². The van der Waals surface area contributed by atoms with Crippen molar-refractivity contribution in [2.75, 3.05) is 12.9 Å². The number of amides is 1. The van der Waals surface area contributed by atoms with Crippen LogP contribution in [-0.2, 0) is 14.3 Å². The van der Waals surface area contributed by atoms with Crippen molar-refractivity contribution >= 4 is 45.4 Å². The van der Waals surface area contributed by atoms with Crippen molar-refractivity contribution in [2.24, 2.45) is 11.8 Å². The first-order valence-electron chi connectivity index (χ1n) is 11.3. The number of rotatable bonds is 10. The van der Waals surface area contributed by atoms with E-state index >= 15 is 0 Å². The van der Waals surface area contributed by atoms with Gasteiger partial charge in [0.25, 0.3) is 0 Å². The van der Waals surface area contributed by atoms with Crippen LogP contribution in [0.5, 0.6) is 0 Å². The average molecular weight is 478 g/mol. The summed E-state index contributed by atoms with van der Waals surface area (Å²) in [6.45, 7) is 6.20. The number of β-lactam (4-membered cyclic amide) rings is 1. The van der Waals surface area contributed by atoms with Crippen LogP contribution >= 0.6 is 23.1 Å². The number of ether oxygens (including phenoxy) is 1. The van der Waals surface area contributed by atoms with Gasteiger partial charge in [-0.05, 0) is 19.6 Å². The number of carbonyl (C=O) groups excluding carboxylic acids is 2. The molecule has 7 nitrogen and oxygen atoms in total. The molecule has 2 aliphatic rings. The molecule has 4 heterocycles. The van der Waals surface area contributed by atoms with Crippen molar-refractivity contribution in [3.8, 4) is 0 Å². The summed E-state index contributed by atoms with van der Waals surface area (Å²) < 4.78 is 7.60. The number of aliphatic hydroxyl groups is 1. The molecule has 32 heavy (non-hydrogen) atoms. The summed E-state index contributed by atoms with van der Waals surface area (Å²) >= 11 is 3.15. The Kier molecular flexibility index (Phi) is 6.97. The molecule has 174 valence electrons. The van der Waals surface area contributed by atoms with E-state index in [0.29, 0.717) is 12.3 Å². The second-order valence-electron chi connectivity index (χ2n) is 8.63. The SMILES string of the molecule is CCCCCCCOC(=O)C1=C(c2cn3cnc(SC)c3s2)[C@H](C)[C@@H]2[C@@H]([C@@H](C)O)C(=O)N12. The lowest BCUT2D eigenvalue weighted by atomic mass is 9.77. The number of aliphatic hydroxyl groups excluding tert-OH is 1. The fraction of sp³-hybridized carbons (Fsp3) is 0.609. The number of aromatic nitrogens is 2. The lowest BCUT2D eigenvalue weighted by Crippen LogP contribution is -2.63. The summed E-state index contributed by atoms with van der Waals surface area (Å²) in [4.78, 5) is 34.0. The van der Waals surface area contributed by atoms with Crippen molar-refractivity contribution in [1.82, 2.24) is 14.3 Å². The van der Waals surface area contributed by atoms with Gasteiger partial charge >= 0.3 is 5.97 Å². The maximum absolute atomic E-state index is 13.2. The molecule has 4 rings (SSSR count). The van der Waals surface area contributed by atoms with Crippen LogP contribution in [-0.4, -0.2) is 56.3 Å². The zero-order chi connectivity index (χ0) is 23.0. The number of hydrogen-bond acceptors (Lipinski definition) is 7. The minimum absolute atomic E-state index is 0.0755. The Morgan fingerprint density at radius 2 is 2.09 bits per heavy atom. The monoisotopic (exact) mass is 477 g/mol. The van der Waals surface area contributed by atoms with E-state index in [9.17, 15) is 14.7 Å². The smallest absolute Gasteiger partial charge is 0.355 e. The molecule has 0 unspecified atom stereocenters. The number of esters is 1. The molecule has 1 N–H and O–H groups in total. The first-order chi connectivity index (χ1) is 15.4. The van der Waals surface area contributed by atoms with E-state index in [2.05, 4.69) is 11.9 Å². The molecule has 0 aromatic carbocycles. The Hall–Kier alpha value is -1.84. The summed E-state index contributed by atoms with van der Waals surface area (Å²) in [6, 6.07) is -0.218. The number of thioether (sulfide) groups is 1. The van der Waals surface area contributed by atoms with E-state index in [1.807, 2.05) is 23.8 Å². The summed E-state index contributed by atoms with van der Waals surface area (Å²) in [5, 5.41) is 11.1. The standard InChI is InChI=1S/C23H31N3O4S2/c1-5-6-7-8-9-10-30-23(29)19-16(13(2)18-17(14(3)27)21(28)26(18)19)15-11-25-12-24-20(31-4)22(25)32-15/h11-14,17-18,27H,5-10H2,1-4H3/t13-,14+,17+,18+/m0/s1. The maximum atomic E-state index is 13.2. The predicted molar refractivity (Wildman–Crippen MR) is 126 cm³/mol. The number of imidazole rings is 1. The first kappa shape index (κ1) is 23.3. The minimum atomic E-state index is -0.757. The van der Waals surface area contributed by atoms with E-state index in [4.69, 9.17) is 4.74 Å². The third-order valence-corrected chi connectivity index (χ3v) is 8.44. The lowest BCUT2D eigenvalue weighted by Gasteiger charge is -2.46. The van der Waals surface area contributed by atoms with Crippen LogP contribution in [0.4, 0.5) is 0 Å². The Morgan fingerprint density at radius 1 is 1.34 bits per heavy atom. The Labute approximate surface area is 196 Å². The number of unbranched alkanes of at least 4 members (excludes halogenated alkanes) is 4. The van der Waals surface area contributed by atoms with Crippen LogP contribution in [0.3, 0.4) is 0 Å². The van der Waals surface area contributed by atoms with E-state index < -0.39 is 18.0 Å². The van der Waals surface area contributed by atoms with Gasteiger partial charge in [-0.25, -0.2) is 9.78 Å². The van der Waals surface area contributed by atoms with Crippen LogP contribution in [0.15, 0.2) is 23.2 Å².